The second kappa shape index (κ2) is 17.4. The van der Waals surface area contributed by atoms with E-state index in [9.17, 15) is 19.2 Å². The average Bonchev–Trinajstić information content (AvgIpc) is 4.17. The molecule has 0 radical (unpaired) electrons. The van der Waals surface area contributed by atoms with Crippen LogP contribution >= 0.6 is 22.7 Å². The van der Waals surface area contributed by atoms with Gasteiger partial charge in [0.05, 0.1) is 58.6 Å². The van der Waals surface area contributed by atoms with Crippen molar-refractivity contribution in [3.05, 3.63) is 107 Å². The van der Waals surface area contributed by atoms with Gasteiger partial charge in [0.2, 0.25) is 0 Å². The first-order chi connectivity index (χ1) is 30.6. The predicted molar refractivity (Wildman–Crippen MR) is 244 cm³/mol. The maximum Gasteiger partial charge on any atom is 0.407 e. The molecule has 2 saturated heterocycles. The van der Waals surface area contributed by atoms with E-state index in [0.29, 0.717) is 36.7 Å². The summed E-state index contributed by atoms with van der Waals surface area (Å²) in [6.07, 6.45) is 3.44. The van der Waals surface area contributed by atoms with Gasteiger partial charge in [-0.3, -0.25) is 14.9 Å². The number of alkyl carbamates (subject to hydrolysis) is 2. The van der Waals surface area contributed by atoms with Crippen LogP contribution in [0.2, 0.25) is 0 Å². The van der Waals surface area contributed by atoms with Crippen molar-refractivity contribution in [1.29, 1.82) is 0 Å². The minimum absolute atomic E-state index is 0.137. The molecule has 14 nitrogen and oxygen atoms in total. The summed E-state index contributed by atoms with van der Waals surface area (Å²) >= 11 is 3.43. The van der Waals surface area contributed by atoms with Crippen LogP contribution in [0.25, 0.3) is 53.9 Å². The number of nitrogens with zero attached hydrogens (tertiary/aromatic N) is 3. The first-order valence-electron chi connectivity index (χ1n) is 21.1. The summed E-state index contributed by atoms with van der Waals surface area (Å²) in [7, 11) is 2.58. The maximum atomic E-state index is 14.2. The molecular weight excluding hydrogens is 837 g/mol. The normalized spacial score (nSPS) is 18.5. The van der Waals surface area contributed by atoms with Gasteiger partial charge in [-0.1, -0.05) is 74.5 Å². The number of fused-ring (bicyclic) bond motifs is 2. The van der Waals surface area contributed by atoms with E-state index in [1.54, 1.807) is 27.6 Å². The Balaban J connectivity index is 0.928. The van der Waals surface area contributed by atoms with Gasteiger partial charge in [-0.25, -0.2) is 19.6 Å². The Labute approximate surface area is 371 Å². The molecule has 2 fully saturated rings. The van der Waals surface area contributed by atoms with Gasteiger partial charge in [0.15, 0.2) is 5.78 Å². The molecule has 3 aromatic carbocycles. The Morgan fingerprint density at radius 1 is 0.841 bits per heavy atom. The molecule has 2 aliphatic heterocycles. The molecule has 5 N–H and O–H groups in total. The number of amides is 3. The summed E-state index contributed by atoms with van der Waals surface area (Å²) in [5, 5.41) is 13.3. The highest BCUT2D eigenvalue weighted by atomic mass is 32.1. The minimum atomic E-state index is -1.06. The number of carbonyl (C=O) groups excluding carboxylic acids is 4. The maximum absolute atomic E-state index is 14.2. The fourth-order valence-corrected chi connectivity index (χ4v) is 11.4. The lowest BCUT2D eigenvalue weighted by molar-refractivity contribution is -0.134. The standard InChI is InChI=1S/C47H48N8O6S2/c1-26(2)37(53-45(58)60-3)41(56)47(19-9-20-49-47)44-51-33-18-17-30(22-34(33)52-44)32-25-63-39-31(24-62-40(32)39)27-13-15-28(16-14-27)35-23-48-42(50-35)36-12-8-21-55(36)43(57)38(54-46(59)61-4)29-10-6-5-7-11-29/h5-7,10-11,13-18,22-26,36-38,49H,8-9,12,19-21H2,1-4H3,(H,48,50)(H,51,52)(H,53,58)(H,54,59)/t36-,37-,38+,47+/m0/s1. The second-order valence-electron chi connectivity index (χ2n) is 16.4. The molecule has 4 aromatic heterocycles. The van der Waals surface area contributed by atoms with Gasteiger partial charge >= 0.3 is 12.2 Å². The van der Waals surface area contributed by atoms with Crippen LogP contribution in [0.3, 0.4) is 0 Å². The van der Waals surface area contributed by atoms with Crippen LogP contribution < -0.4 is 16.0 Å². The molecule has 4 atom stereocenters. The molecule has 324 valence electrons. The van der Waals surface area contributed by atoms with Gasteiger partial charge in [0, 0.05) is 28.4 Å². The van der Waals surface area contributed by atoms with Gasteiger partial charge in [-0.2, -0.15) is 0 Å². The number of likely N-dealkylation sites (tertiary alicyclic amines) is 1. The van der Waals surface area contributed by atoms with E-state index in [2.05, 4.69) is 73.1 Å². The van der Waals surface area contributed by atoms with E-state index in [1.165, 1.54) is 23.6 Å². The number of hydrogen-bond acceptors (Lipinski definition) is 11. The van der Waals surface area contributed by atoms with Crippen LogP contribution in [0.1, 0.15) is 68.8 Å². The number of rotatable bonds is 12. The number of imidazole rings is 2. The number of thiophene rings is 2. The number of ketones is 1. The zero-order chi connectivity index (χ0) is 43.8. The fourth-order valence-electron chi connectivity index (χ4n) is 8.93. The number of nitrogens with one attached hydrogen (secondary N) is 5. The van der Waals surface area contributed by atoms with E-state index in [1.807, 2.05) is 56.4 Å². The van der Waals surface area contributed by atoms with Crippen molar-refractivity contribution >= 4 is 67.0 Å². The van der Waals surface area contributed by atoms with Crippen LogP contribution in [0.4, 0.5) is 9.59 Å². The van der Waals surface area contributed by atoms with E-state index < -0.39 is 29.8 Å². The fraction of sp³-hybridized carbons (Fsp3) is 0.319. The molecule has 0 saturated carbocycles. The Morgan fingerprint density at radius 2 is 1.52 bits per heavy atom. The topological polar surface area (TPSA) is 183 Å². The SMILES string of the molecule is COC(=O)N[C@H](C(=O)[C@@]1(c2nc3ccc(-c4csc5c(-c6ccc(-c7cnc([C@@H]8CCCN8C(=O)[C@H](NC(=O)OC)c8ccccc8)[nH]7)cc6)csc45)cc3[nH]2)CCCN1)C(C)C. The van der Waals surface area contributed by atoms with Crippen molar-refractivity contribution < 1.29 is 28.7 Å². The Bertz CT molecular complexity index is 2800. The third-order valence-electron chi connectivity index (χ3n) is 12.2. The Morgan fingerprint density at radius 3 is 2.21 bits per heavy atom. The highest BCUT2D eigenvalue weighted by Gasteiger charge is 2.49. The Hall–Kier alpha value is -6.36. The van der Waals surface area contributed by atoms with Crippen LogP contribution in [0.5, 0.6) is 0 Å². The third kappa shape index (κ3) is 7.87. The summed E-state index contributed by atoms with van der Waals surface area (Å²) in [5.41, 5.74) is 7.49. The third-order valence-corrected chi connectivity index (χ3v) is 14.4. The number of hydrogen-bond donors (Lipinski definition) is 5. The van der Waals surface area contributed by atoms with Crippen LogP contribution in [-0.4, -0.2) is 82.1 Å². The zero-order valence-electron chi connectivity index (χ0n) is 35.3. The molecule has 0 bridgehead atoms. The lowest BCUT2D eigenvalue weighted by Crippen LogP contribution is -2.57. The van der Waals surface area contributed by atoms with Crippen LogP contribution in [-0.2, 0) is 24.6 Å². The van der Waals surface area contributed by atoms with E-state index in [0.717, 1.165) is 63.8 Å². The molecular formula is C47H48N8O6S2. The number of ether oxygens (including phenoxy) is 2. The van der Waals surface area contributed by atoms with Crippen LogP contribution in [0, 0.1) is 5.92 Å². The van der Waals surface area contributed by atoms with Gasteiger partial charge in [-0.05, 0) is 72.5 Å². The monoisotopic (exact) mass is 884 g/mol. The number of aromatic amines is 2. The van der Waals surface area contributed by atoms with Gasteiger partial charge in [0.25, 0.3) is 5.91 Å². The number of carbonyl (C=O) groups is 4. The first-order valence-corrected chi connectivity index (χ1v) is 22.8. The molecule has 9 rings (SSSR count). The average molecular weight is 885 g/mol. The second-order valence-corrected chi connectivity index (χ2v) is 18.1. The largest absolute Gasteiger partial charge is 0.453 e. The predicted octanol–water partition coefficient (Wildman–Crippen LogP) is 8.85. The number of benzene rings is 3. The summed E-state index contributed by atoms with van der Waals surface area (Å²) in [6.45, 7) is 5.03. The lowest BCUT2D eigenvalue weighted by Gasteiger charge is -2.32. The van der Waals surface area contributed by atoms with E-state index in [4.69, 9.17) is 19.4 Å². The molecule has 3 amide bonds. The van der Waals surface area contributed by atoms with Gasteiger partial charge in [0.1, 0.15) is 23.2 Å². The van der Waals surface area contributed by atoms with Crippen molar-refractivity contribution in [2.45, 2.75) is 63.2 Å². The van der Waals surface area contributed by atoms with Crippen molar-refractivity contribution in [2.24, 2.45) is 5.92 Å². The summed E-state index contributed by atoms with van der Waals surface area (Å²) in [6, 6.07) is 21.9. The molecule has 6 heterocycles. The smallest absolute Gasteiger partial charge is 0.407 e. The Kier molecular flexibility index (Phi) is 11.6. The van der Waals surface area contributed by atoms with Crippen molar-refractivity contribution in [3.8, 4) is 33.5 Å². The number of aromatic nitrogens is 4. The zero-order valence-corrected chi connectivity index (χ0v) is 37.0. The molecule has 0 unspecified atom stereocenters. The number of methoxy groups -OCH3 is 2. The number of Topliss-reactive ketones (excluding diaryl/α,β-unsaturated/α-hetero) is 1. The first kappa shape index (κ1) is 42.0. The minimum Gasteiger partial charge on any atom is -0.453 e. The highest BCUT2D eigenvalue weighted by molar-refractivity contribution is 7.27. The molecule has 16 heteroatoms. The van der Waals surface area contributed by atoms with Crippen molar-refractivity contribution in [2.75, 3.05) is 27.3 Å². The summed E-state index contributed by atoms with van der Waals surface area (Å²) in [4.78, 5) is 71.1. The highest BCUT2D eigenvalue weighted by Crippen LogP contribution is 2.45. The molecule has 2 aliphatic rings. The lowest BCUT2D eigenvalue weighted by atomic mass is 9.83. The molecule has 63 heavy (non-hydrogen) atoms. The molecule has 0 spiro atoms. The molecule has 0 aliphatic carbocycles. The van der Waals surface area contributed by atoms with E-state index in [-0.39, 0.29) is 23.7 Å². The molecule has 7 aromatic rings. The van der Waals surface area contributed by atoms with Crippen LogP contribution in [0.15, 0.2) is 89.8 Å². The van der Waals surface area contributed by atoms with E-state index >= 15 is 0 Å². The van der Waals surface area contributed by atoms with Crippen molar-refractivity contribution in [1.82, 2.24) is 40.8 Å². The summed E-state index contributed by atoms with van der Waals surface area (Å²) < 4.78 is 12.1. The van der Waals surface area contributed by atoms with Gasteiger partial charge < -0.3 is 35.0 Å². The quantitative estimate of drug-likeness (QED) is 0.0800. The number of H-pyrrole nitrogens is 2. The summed E-state index contributed by atoms with van der Waals surface area (Å²) in [5.74, 6) is 0.754. The van der Waals surface area contributed by atoms with Gasteiger partial charge in [-0.15, -0.1) is 22.7 Å². The van der Waals surface area contributed by atoms with Crippen molar-refractivity contribution in [3.63, 3.8) is 0 Å².